The Morgan fingerprint density at radius 2 is 1.96 bits per heavy atom. The van der Waals surface area contributed by atoms with Crippen LogP contribution < -0.4 is 4.74 Å². The van der Waals surface area contributed by atoms with Crippen LogP contribution in [0.1, 0.15) is 23.9 Å². The Morgan fingerprint density at radius 3 is 2.71 bits per heavy atom. The van der Waals surface area contributed by atoms with Crippen molar-refractivity contribution in [1.82, 2.24) is 14.2 Å². The zero-order chi connectivity index (χ0) is 16.7. The van der Waals surface area contributed by atoms with E-state index in [4.69, 9.17) is 4.74 Å². The van der Waals surface area contributed by atoms with Crippen LogP contribution in [0.4, 0.5) is 0 Å². The van der Waals surface area contributed by atoms with Crippen molar-refractivity contribution in [2.75, 3.05) is 0 Å². The number of rotatable bonds is 4. The van der Waals surface area contributed by atoms with Gasteiger partial charge >= 0.3 is 0 Å². The van der Waals surface area contributed by atoms with Crippen molar-refractivity contribution in [3.8, 4) is 5.75 Å². The minimum atomic E-state index is 0.521. The molecule has 4 aromatic rings. The molecule has 122 valence electrons. The summed E-state index contributed by atoms with van der Waals surface area (Å²) in [7, 11) is 1.95. The predicted molar refractivity (Wildman–Crippen MR) is 96.6 cm³/mol. The van der Waals surface area contributed by atoms with Gasteiger partial charge in [-0.2, -0.15) is 5.10 Å². The summed E-state index contributed by atoms with van der Waals surface area (Å²) in [5.74, 6) is 0.882. The molecular formula is C20H21N3O. The lowest BCUT2D eigenvalue weighted by Gasteiger charge is -2.07. The zero-order valence-electron chi connectivity index (χ0n) is 14.3. The number of fused-ring (bicyclic) bond motifs is 3. The fourth-order valence-electron chi connectivity index (χ4n) is 3.42. The van der Waals surface area contributed by atoms with E-state index >= 15 is 0 Å². The molecule has 0 aliphatic heterocycles. The summed E-state index contributed by atoms with van der Waals surface area (Å²) in [5.41, 5.74) is 5.94. The van der Waals surface area contributed by atoms with Crippen LogP contribution in [0.2, 0.25) is 0 Å². The molecule has 3 heterocycles. The smallest absolute Gasteiger partial charge is 0.130 e. The van der Waals surface area contributed by atoms with Crippen LogP contribution in [-0.2, 0) is 20.1 Å². The van der Waals surface area contributed by atoms with Gasteiger partial charge in [0.15, 0.2) is 0 Å². The fourth-order valence-corrected chi connectivity index (χ4v) is 3.42. The summed E-state index contributed by atoms with van der Waals surface area (Å²) in [5, 5.41) is 5.66. The SMILES string of the molecule is CCc1c2ccc(OCc3cc(C)nn3C)cc2n2ccccc12. The molecule has 0 N–H and O–H groups in total. The van der Waals surface area contributed by atoms with Gasteiger partial charge in [0.05, 0.1) is 16.9 Å². The lowest BCUT2D eigenvalue weighted by molar-refractivity contribution is 0.295. The third-order valence-electron chi connectivity index (χ3n) is 4.56. The van der Waals surface area contributed by atoms with Gasteiger partial charge in [-0.25, -0.2) is 0 Å². The molecule has 0 unspecified atom stereocenters. The molecule has 0 bridgehead atoms. The van der Waals surface area contributed by atoms with Crippen LogP contribution in [0.3, 0.4) is 0 Å². The number of ether oxygens (including phenoxy) is 1. The van der Waals surface area contributed by atoms with Gasteiger partial charge in [0.2, 0.25) is 0 Å². The topological polar surface area (TPSA) is 31.5 Å². The van der Waals surface area contributed by atoms with E-state index in [9.17, 15) is 0 Å². The highest BCUT2D eigenvalue weighted by molar-refractivity contribution is 5.93. The van der Waals surface area contributed by atoms with Crippen LogP contribution in [0.25, 0.3) is 16.4 Å². The van der Waals surface area contributed by atoms with Crippen LogP contribution in [0.5, 0.6) is 5.75 Å². The van der Waals surface area contributed by atoms with E-state index in [1.807, 2.05) is 18.7 Å². The van der Waals surface area contributed by atoms with Crippen molar-refractivity contribution >= 4 is 16.4 Å². The van der Waals surface area contributed by atoms with E-state index in [0.717, 1.165) is 23.6 Å². The lowest BCUT2D eigenvalue weighted by Crippen LogP contribution is -2.03. The molecule has 0 saturated carbocycles. The maximum atomic E-state index is 6.01. The fraction of sp³-hybridized carbons (Fsp3) is 0.250. The van der Waals surface area contributed by atoms with Gasteiger partial charge in [0, 0.05) is 30.2 Å². The number of benzene rings is 1. The number of pyridine rings is 1. The second-order valence-corrected chi connectivity index (χ2v) is 6.16. The quantitative estimate of drug-likeness (QED) is 0.562. The molecule has 3 aromatic heterocycles. The molecule has 4 nitrogen and oxygen atoms in total. The Morgan fingerprint density at radius 1 is 1.08 bits per heavy atom. The molecule has 4 heteroatoms. The molecule has 0 radical (unpaired) electrons. The Kier molecular flexibility index (Phi) is 3.53. The van der Waals surface area contributed by atoms with Crippen molar-refractivity contribution in [3.05, 3.63) is 65.6 Å². The highest BCUT2D eigenvalue weighted by Gasteiger charge is 2.11. The van der Waals surface area contributed by atoms with E-state index in [1.54, 1.807) is 0 Å². The molecule has 4 rings (SSSR count). The largest absolute Gasteiger partial charge is 0.487 e. The average Bonchev–Trinajstić information content (AvgIpc) is 3.08. The molecular weight excluding hydrogens is 298 g/mol. The molecule has 0 amide bonds. The Balaban J connectivity index is 1.73. The Bertz CT molecular complexity index is 1030. The van der Waals surface area contributed by atoms with Gasteiger partial charge in [-0.15, -0.1) is 0 Å². The maximum absolute atomic E-state index is 6.01. The first kappa shape index (κ1) is 14.8. The predicted octanol–water partition coefficient (Wildman–Crippen LogP) is 4.28. The number of hydrogen-bond acceptors (Lipinski definition) is 2. The highest BCUT2D eigenvalue weighted by Crippen LogP contribution is 2.30. The van der Waals surface area contributed by atoms with Crippen molar-refractivity contribution in [2.24, 2.45) is 7.05 Å². The number of hydrogen-bond donors (Lipinski definition) is 0. The normalized spacial score (nSPS) is 11.5. The third-order valence-corrected chi connectivity index (χ3v) is 4.56. The van der Waals surface area contributed by atoms with E-state index < -0.39 is 0 Å². The van der Waals surface area contributed by atoms with Crippen molar-refractivity contribution in [1.29, 1.82) is 0 Å². The summed E-state index contributed by atoms with van der Waals surface area (Å²) in [6, 6.07) is 14.8. The van der Waals surface area contributed by atoms with Gasteiger partial charge < -0.3 is 9.14 Å². The summed E-state index contributed by atoms with van der Waals surface area (Å²) < 4.78 is 10.1. The van der Waals surface area contributed by atoms with Crippen LogP contribution >= 0.6 is 0 Å². The van der Waals surface area contributed by atoms with Crippen molar-refractivity contribution < 1.29 is 4.74 Å². The Hall–Kier alpha value is -2.75. The monoisotopic (exact) mass is 319 g/mol. The van der Waals surface area contributed by atoms with E-state index in [-0.39, 0.29) is 0 Å². The summed E-state index contributed by atoms with van der Waals surface area (Å²) >= 11 is 0. The first-order valence-electron chi connectivity index (χ1n) is 8.31. The second-order valence-electron chi connectivity index (χ2n) is 6.16. The van der Waals surface area contributed by atoms with Crippen LogP contribution in [0.15, 0.2) is 48.7 Å². The number of nitrogens with zero attached hydrogens (tertiary/aromatic N) is 3. The van der Waals surface area contributed by atoms with E-state index in [2.05, 4.69) is 65.1 Å². The van der Waals surface area contributed by atoms with E-state index in [1.165, 1.54) is 22.0 Å². The first-order chi connectivity index (χ1) is 11.7. The first-order valence-corrected chi connectivity index (χ1v) is 8.31. The minimum Gasteiger partial charge on any atom is -0.487 e. The number of aryl methyl sites for hydroxylation is 3. The molecule has 0 atom stereocenters. The van der Waals surface area contributed by atoms with Gasteiger partial charge in [0.1, 0.15) is 12.4 Å². The van der Waals surface area contributed by atoms with Crippen LogP contribution in [-0.4, -0.2) is 14.2 Å². The van der Waals surface area contributed by atoms with Gasteiger partial charge in [0.25, 0.3) is 0 Å². The van der Waals surface area contributed by atoms with Crippen molar-refractivity contribution in [3.63, 3.8) is 0 Å². The van der Waals surface area contributed by atoms with Crippen LogP contribution in [0, 0.1) is 6.92 Å². The average molecular weight is 319 g/mol. The highest BCUT2D eigenvalue weighted by atomic mass is 16.5. The molecule has 1 aromatic carbocycles. The molecule has 0 spiro atoms. The maximum Gasteiger partial charge on any atom is 0.130 e. The molecule has 24 heavy (non-hydrogen) atoms. The third kappa shape index (κ3) is 2.35. The van der Waals surface area contributed by atoms with Gasteiger partial charge in [-0.3, -0.25) is 4.68 Å². The molecule has 0 fully saturated rings. The Labute approximate surface area is 141 Å². The van der Waals surface area contributed by atoms with Gasteiger partial charge in [-0.05, 0) is 49.2 Å². The molecule has 0 aliphatic rings. The summed E-state index contributed by atoms with van der Waals surface area (Å²) in [6.45, 7) is 4.72. The van der Waals surface area contributed by atoms with Gasteiger partial charge in [-0.1, -0.05) is 13.0 Å². The molecule has 0 saturated heterocycles. The standard InChI is InChI=1S/C20H21N3O/c1-4-17-18-9-8-16(24-13-15-11-14(2)21-22(15)3)12-20(18)23-10-6-5-7-19(17)23/h5-12H,4,13H2,1-3H3. The van der Waals surface area contributed by atoms with E-state index in [0.29, 0.717) is 6.61 Å². The summed E-state index contributed by atoms with van der Waals surface area (Å²) in [6.07, 6.45) is 3.14. The lowest BCUT2D eigenvalue weighted by atomic mass is 10.1. The summed E-state index contributed by atoms with van der Waals surface area (Å²) in [4.78, 5) is 0. The van der Waals surface area contributed by atoms with Crippen molar-refractivity contribution in [2.45, 2.75) is 26.9 Å². The molecule has 0 aliphatic carbocycles. The minimum absolute atomic E-state index is 0.521. The zero-order valence-corrected chi connectivity index (χ0v) is 14.3. The second kappa shape index (κ2) is 5.71. The number of aromatic nitrogens is 3.